The quantitative estimate of drug-likeness (QED) is 0.748. The Bertz CT molecular complexity index is 900. The lowest BCUT2D eigenvalue weighted by Gasteiger charge is -2.30. The van der Waals surface area contributed by atoms with Crippen LogP contribution in [0.25, 0.3) is 10.9 Å². The van der Waals surface area contributed by atoms with Gasteiger partial charge in [0.2, 0.25) is 0 Å². The number of piperidine rings is 1. The average molecular weight is 348 g/mol. The van der Waals surface area contributed by atoms with Crippen LogP contribution < -0.4 is 5.32 Å². The van der Waals surface area contributed by atoms with Crippen molar-refractivity contribution in [2.75, 3.05) is 18.4 Å². The third-order valence-electron chi connectivity index (χ3n) is 5.08. The van der Waals surface area contributed by atoms with E-state index in [0.717, 1.165) is 29.1 Å². The fraction of sp³-hybridized carbons (Fsp3) is 0.333. The number of para-hydroxylation sites is 1. The molecule has 1 unspecified atom stereocenters. The molecule has 1 aliphatic heterocycles. The number of H-pyrrole nitrogens is 1. The van der Waals surface area contributed by atoms with Gasteiger partial charge in [0.15, 0.2) is 0 Å². The smallest absolute Gasteiger partial charge is 0.257 e. The second-order valence-corrected chi connectivity index (χ2v) is 7.27. The molecule has 1 atom stereocenters. The van der Waals surface area contributed by atoms with Crippen LogP contribution in [0.2, 0.25) is 0 Å². The maximum absolute atomic E-state index is 12.6. The summed E-state index contributed by atoms with van der Waals surface area (Å²) in [5.74, 6) is 0.657. The van der Waals surface area contributed by atoms with Gasteiger partial charge in [-0.3, -0.25) is 14.8 Å². The van der Waals surface area contributed by atoms with E-state index in [1.54, 1.807) is 6.20 Å². The van der Waals surface area contributed by atoms with Gasteiger partial charge >= 0.3 is 0 Å². The van der Waals surface area contributed by atoms with E-state index >= 15 is 0 Å². The molecule has 1 saturated heterocycles. The van der Waals surface area contributed by atoms with Crippen molar-refractivity contribution in [3.8, 4) is 0 Å². The van der Waals surface area contributed by atoms with Gasteiger partial charge in [-0.05, 0) is 49.1 Å². The summed E-state index contributed by atoms with van der Waals surface area (Å²) in [5, 5.41) is 10.8. The third kappa shape index (κ3) is 3.63. The van der Waals surface area contributed by atoms with Crippen LogP contribution in [-0.4, -0.2) is 34.1 Å². The number of hydrogen-bond acceptors (Lipinski definition) is 3. The van der Waals surface area contributed by atoms with E-state index in [1.165, 1.54) is 31.5 Å². The summed E-state index contributed by atoms with van der Waals surface area (Å²) in [6, 6.07) is 13.8. The molecule has 0 bridgehead atoms. The molecule has 0 spiro atoms. The van der Waals surface area contributed by atoms with Gasteiger partial charge in [-0.15, -0.1) is 0 Å². The highest BCUT2D eigenvalue weighted by Gasteiger charge is 2.16. The Morgan fingerprint density at radius 2 is 2.12 bits per heavy atom. The van der Waals surface area contributed by atoms with Crippen molar-refractivity contribution in [2.45, 2.75) is 26.3 Å². The molecule has 1 fully saturated rings. The van der Waals surface area contributed by atoms with Crippen LogP contribution >= 0.6 is 0 Å². The van der Waals surface area contributed by atoms with Crippen LogP contribution in [0.3, 0.4) is 0 Å². The van der Waals surface area contributed by atoms with Gasteiger partial charge in [-0.25, -0.2) is 0 Å². The zero-order valence-corrected chi connectivity index (χ0v) is 15.0. The molecule has 26 heavy (non-hydrogen) atoms. The van der Waals surface area contributed by atoms with Gasteiger partial charge < -0.3 is 5.32 Å². The number of carbonyl (C=O) groups is 1. The summed E-state index contributed by atoms with van der Waals surface area (Å²) < 4.78 is 0. The fourth-order valence-corrected chi connectivity index (χ4v) is 3.74. The highest BCUT2D eigenvalue weighted by Crippen LogP contribution is 2.20. The van der Waals surface area contributed by atoms with Gasteiger partial charge in [0.1, 0.15) is 0 Å². The molecule has 1 aliphatic rings. The Morgan fingerprint density at radius 3 is 2.92 bits per heavy atom. The van der Waals surface area contributed by atoms with Crippen molar-refractivity contribution in [3.05, 3.63) is 59.8 Å². The van der Waals surface area contributed by atoms with Crippen LogP contribution in [0.15, 0.2) is 48.7 Å². The zero-order valence-electron chi connectivity index (χ0n) is 15.0. The number of amides is 1. The Labute approximate surface area is 153 Å². The van der Waals surface area contributed by atoms with Crippen LogP contribution in [-0.2, 0) is 6.54 Å². The normalized spacial score (nSPS) is 18.1. The minimum atomic E-state index is -0.127. The molecule has 0 radical (unpaired) electrons. The third-order valence-corrected chi connectivity index (χ3v) is 5.08. The van der Waals surface area contributed by atoms with Crippen molar-refractivity contribution in [1.82, 2.24) is 15.1 Å². The van der Waals surface area contributed by atoms with Crippen LogP contribution in [0.1, 0.15) is 35.7 Å². The first-order valence-corrected chi connectivity index (χ1v) is 9.24. The number of nitrogens with zero attached hydrogens (tertiary/aromatic N) is 2. The predicted molar refractivity (Wildman–Crippen MR) is 104 cm³/mol. The molecule has 134 valence electrons. The lowest BCUT2D eigenvalue weighted by atomic mass is 10.00. The Hall–Kier alpha value is -2.66. The largest absolute Gasteiger partial charge is 0.322 e. The number of fused-ring (bicyclic) bond motifs is 1. The van der Waals surface area contributed by atoms with Crippen LogP contribution in [0.4, 0.5) is 5.69 Å². The van der Waals surface area contributed by atoms with Crippen LogP contribution in [0.5, 0.6) is 0 Å². The van der Waals surface area contributed by atoms with Crippen molar-refractivity contribution in [3.63, 3.8) is 0 Å². The Morgan fingerprint density at radius 1 is 1.27 bits per heavy atom. The molecule has 5 heteroatoms. The highest BCUT2D eigenvalue weighted by atomic mass is 16.1. The van der Waals surface area contributed by atoms with E-state index in [0.29, 0.717) is 5.56 Å². The molecule has 1 amide bonds. The maximum Gasteiger partial charge on any atom is 0.257 e. The number of carbonyl (C=O) groups excluding carboxylic acids is 1. The molecule has 1 aromatic heterocycles. The van der Waals surface area contributed by atoms with Crippen molar-refractivity contribution >= 4 is 22.5 Å². The number of hydrogen-bond donors (Lipinski definition) is 2. The first-order chi connectivity index (χ1) is 12.7. The summed E-state index contributed by atoms with van der Waals surface area (Å²) >= 11 is 0. The molecule has 0 aliphatic carbocycles. The van der Waals surface area contributed by atoms with Crippen LogP contribution in [0, 0.1) is 5.92 Å². The molecule has 2 heterocycles. The number of nitrogens with one attached hydrogen (secondary N) is 2. The topological polar surface area (TPSA) is 61.0 Å². The molecule has 2 aromatic carbocycles. The summed E-state index contributed by atoms with van der Waals surface area (Å²) in [4.78, 5) is 15.1. The van der Waals surface area contributed by atoms with E-state index in [9.17, 15) is 4.79 Å². The molecule has 2 N–H and O–H groups in total. The van der Waals surface area contributed by atoms with Gasteiger partial charge in [0.25, 0.3) is 5.91 Å². The number of aromatic nitrogens is 2. The van der Waals surface area contributed by atoms with E-state index in [-0.39, 0.29) is 5.91 Å². The minimum absolute atomic E-state index is 0.127. The molecule has 3 aromatic rings. The van der Waals surface area contributed by atoms with Crippen molar-refractivity contribution < 1.29 is 4.79 Å². The van der Waals surface area contributed by atoms with E-state index in [2.05, 4.69) is 39.5 Å². The Kier molecular flexibility index (Phi) is 4.71. The zero-order chi connectivity index (χ0) is 17.9. The minimum Gasteiger partial charge on any atom is -0.322 e. The maximum atomic E-state index is 12.6. The standard InChI is InChI=1S/C21H24N4O/c1-15-4-3-11-25(13-15)14-16-7-9-18(10-8-16)23-21(26)19-6-2-5-17-12-22-24-20(17)19/h2,5-10,12,15H,3-4,11,13-14H2,1H3,(H,22,24)(H,23,26). The second kappa shape index (κ2) is 7.30. The van der Waals surface area contributed by atoms with E-state index < -0.39 is 0 Å². The number of aromatic amines is 1. The van der Waals surface area contributed by atoms with E-state index in [1.807, 2.05) is 30.3 Å². The van der Waals surface area contributed by atoms with Crippen molar-refractivity contribution in [2.24, 2.45) is 5.92 Å². The summed E-state index contributed by atoms with van der Waals surface area (Å²) in [6.07, 6.45) is 4.35. The summed E-state index contributed by atoms with van der Waals surface area (Å²) in [5.41, 5.74) is 3.46. The summed E-state index contributed by atoms with van der Waals surface area (Å²) in [7, 11) is 0. The number of benzene rings is 2. The van der Waals surface area contributed by atoms with Crippen molar-refractivity contribution in [1.29, 1.82) is 0 Å². The second-order valence-electron chi connectivity index (χ2n) is 7.27. The monoisotopic (exact) mass is 348 g/mol. The molecule has 4 rings (SSSR count). The molecule has 5 nitrogen and oxygen atoms in total. The van der Waals surface area contributed by atoms with Gasteiger partial charge in [0, 0.05) is 24.2 Å². The van der Waals surface area contributed by atoms with E-state index in [4.69, 9.17) is 0 Å². The van der Waals surface area contributed by atoms with Gasteiger partial charge in [0.05, 0.1) is 17.3 Å². The lowest BCUT2D eigenvalue weighted by Crippen LogP contribution is -2.33. The molecular weight excluding hydrogens is 324 g/mol. The number of anilines is 1. The lowest BCUT2D eigenvalue weighted by molar-refractivity contribution is 0.102. The highest BCUT2D eigenvalue weighted by molar-refractivity contribution is 6.11. The Balaban J connectivity index is 1.42. The molecule has 0 saturated carbocycles. The SMILES string of the molecule is CC1CCCN(Cc2ccc(NC(=O)c3cccc4cn[nH]c34)cc2)C1. The van der Waals surface area contributed by atoms with Gasteiger partial charge in [-0.2, -0.15) is 5.10 Å². The number of rotatable bonds is 4. The predicted octanol–water partition coefficient (Wildman–Crippen LogP) is 4.05. The fourth-order valence-electron chi connectivity index (χ4n) is 3.74. The first kappa shape index (κ1) is 16.8. The number of likely N-dealkylation sites (tertiary alicyclic amines) is 1. The average Bonchev–Trinajstić information content (AvgIpc) is 3.12. The molecular formula is C21H24N4O. The summed E-state index contributed by atoms with van der Waals surface area (Å²) in [6.45, 7) is 5.65. The van der Waals surface area contributed by atoms with Gasteiger partial charge in [-0.1, -0.05) is 31.2 Å². The first-order valence-electron chi connectivity index (χ1n) is 9.24.